The molecule has 2 atom stereocenters. The number of alkyl halides is 1. The number of nitrogens with zero attached hydrogens (tertiary/aromatic N) is 6. The van der Waals surface area contributed by atoms with Gasteiger partial charge in [0.2, 0.25) is 5.95 Å². The SMILES string of the molecule is O=C(c1cnc(NC2(c3cncnc3)CC2)nc1)N1CCN2C[C@@H](F)C[C@H]2C1. The molecule has 3 fully saturated rings. The number of fused-ring (bicyclic) bond motifs is 1. The van der Waals surface area contributed by atoms with Crippen LogP contribution in [0.4, 0.5) is 10.3 Å². The van der Waals surface area contributed by atoms with Crippen molar-refractivity contribution in [3.8, 4) is 0 Å². The van der Waals surface area contributed by atoms with Crippen LogP contribution in [0.15, 0.2) is 31.1 Å². The number of anilines is 1. The number of piperazine rings is 1. The Bertz CT molecular complexity index is 858. The molecule has 0 spiro atoms. The van der Waals surface area contributed by atoms with Gasteiger partial charge in [-0.05, 0) is 19.3 Å². The standard InChI is InChI=1S/C19H22FN7O/c20-15-5-16-11-27(4-3-26(16)10-15)17(28)13-6-23-18(24-7-13)25-19(1-2-19)14-8-21-12-22-9-14/h6-9,12,15-16H,1-5,10-11H2,(H,23,24,25)/t15-,16-/m0/s1. The number of amides is 1. The second kappa shape index (κ2) is 6.73. The molecule has 1 saturated carbocycles. The summed E-state index contributed by atoms with van der Waals surface area (Å²) in [4.78, 5) is 33.6. The molecule has 4 heterocycles. The van der Waals surface area contributed by atoms with E-state index in [1.807, 2.05) is 0 Å². The summed E-state index contributed by atoms with van der Waals surface area (Å²) in [6.07, 6.45) is 9.90. The lowest BCUT2D eigenvalue weighted by molar-refractivity contribution is 0.0570. The third-order valence-electron chi connectivity index (χ3n) is 5.97. The fourth-order valence-electron chi connectivity index (χ4n) is 4.22. The minimum atomic E-state index is -0.779. The van der Waals surface area contributed by atoms with E-state index in [0.717, 1.165) is 24.9 Å². The number of rotatable bonds is 4. The van der Waals surface area contributed by atoms with Gasteiger partial charge in [0.15, 0.2) is 0 Å². The molecule has 146 valence electrons. The van der Waals surface area contributed by atoms with Crippen molar-refractivity contribution >= 4 is 11.9 Å². The Hall–Kier alpha value is -2.68. The van der Waals surface area contributed by atoms with E-state index in [1.165, 1.54) is 6.33 Å². The quantitative estimate of drug-likeness (QED) is 0.850. The molecule has 2 aromatic rings. The summed E-state index contributed by atoms with van der Waals surface area (Å²) in [5, 5.41) is 3.35. The fourth-order valence-corrected chi connectivity index (χ4v) is 4.22. The molecule has 2 aromatic heterocycles. The van der Waals surface area contributed by atoms with E-state index in [1.54, 1.807) is 29.7 Å². The molecule has 5 rings (SSSR count). The number of nitrogens with one attached hydrogen (secondary N) is 1. The van der Waals surface area contributed by atoms with Crippen LogP contribution in [0.2, 0.25) is 0 Å². The van der Waals surface area contributed by atoms with Gasteiger partial charge in [-0.1, -0.05) is 0 Å². The maximum atomic E-state index is 13.6. The van der Waals surface area contributed by atoms with Gasteiger partial charge in [-0.15, -0.1) is 0 Å². The number of hydrogen-bond donors (Lipinski definition) is 1. The molecule has 0 unspecified atom stereocenters. The van der Waals surface area contributed by atoms with E-state index in [9.17, 15) is 9.18 Å². The lowest BCUT2D eigenvalue weighted by Crippen LogP contribution is -2.52. The Kier molecular flexibility index (Phi) is 4.19. The van der Waals surface area contributed by atoms with Crippen LogP contribution in [0.5, 0.6) is 0 Å². The molecule has 1 aliphatic carbocycles. The van der Waals surface area contributed by atoms with Crippen molar-refractivity contribution < 1.29 is 9.18 Å². The van der Waals surface area contributed by atoms with Gasteiger partial charge < -0.3 is 10.2 Å². The van der Waals surface area contributed by atoms with E-state index in [2.05, 4.69) is 30.2 Å². The first-order valence-electron chi connectivity index (χ1n) is 9.66. The van der Waals surface area contributed by atoms with Crippen LogP contribution in [0.1, 0.15) is 35.2 Å². The first-order chi connectivity index (χ1) is 13.6. The monoisotopic (exact) mass is 383 g/mol. The summed E-state index contributed by atoms with van der Waals surface area (Å²) in [6, 6.07) is 0.123. The smallest absolute Gasteiger partial charge is 0.257 e. The van der Waals surface area contributed by atoms with E-state index >= 15 is 0 Å². The minimum Gasteiger partial charge on any atom is -0.345 e. The molecule has 0 radical (unpaired) electrons. The molecule has 1 amide bonds. The van der Waals surface area contributed by atoms with E-state index < -0.39 is 6.17 Å². The average Bonchev–Trinajstić information content (AvgIpc) is 3.41. The zero-order valence-corrected chi connectivity index (χ0v) is 15.5. The zero-order chi connectivity index (χ0) is 19.1. The largest absolute Gasteiger partial charge is 0.345 e. The third kappa shape index (κ3) is 3.19. The molecule has 0 aromatic carbocycles. The summed E-state index contributed by atoms with van der Waals surface area (Å²) < 4.78 is 13.6. The van der Waals surface area contributed by atoms with E-state index in [4.69, 9.17) is 0 Å². The molecule has 9 heteroatoms. The Morgan fingerprint density at radius 2 is 1.86 bits per heavy atom. The number of hydrogen-bond acceptors (Lipinski definition) is 7. The lowest BCUT2D eigenvalue weighted by atomic mass is 10.1. The number of aromatic nitrogens is 4. The highest BCUT2D eigenvalue weighted by Crippen LogP contribution is 2.47. The molecule has 0 bridgehead atoms. The Balaban J connectivity index is 1.25. The van der Waals surface area contributed by atoms with Gasteiger partial charge in [-0.2, -0.15) is 0 Å². The first-order valence-corrected chi connectivity index (χ1v) is 9.66. The van der Waals surface area contributed by atoms with Crippen LogP contribution < -0.4 is 5.32 Å². The van der Waals surface area contributed by atoms with Crippen LogP contribution >= 0.6 is 0 Å². The summed E-state index contributed by atoms with van der Waals surface area (Å²) in [6.45, 7) is 2.39. The molecule has 2 aliphatic heterocycles. The second-order valence-electron chi connectivity index (χ2n) is 7.86. The predicted molar refractivity (Wildman–Crippen MR) is 99.4 cm³/mol. The van der Waals surface area contributed by atoms with Crippen molar-refractivity contribution in [1.29, 1.82) is 0 Å². The Labute approximate surface area is 162 Å². The Morgan fingerprint density at radius 3 is 2.57 bits per heavy atom. The summed E-state index contributed by atoms with van der Waals surface area (Å²) in [5.74, 6) is 0.393. The minimum absolute atomic E-state index is 0.0916. The number of halogens is 1. The van der Waals surface area contributed by atoms with Gasteiger partial charge in [-0.25, -0.2) is 24.3 Å². The van der Waals surface area contributed by atoms with Gasteiger partial charge in [0.05, 0.1) is 11.1 Å². The first kappa shape index (κ1) is 17.4. The molecule has 28 heavy (non-hydrogen) atoms. The van der Waals surface area contributed by atoms with Crippen molar-refractivity contribution in [3.63, 3.8) is 0 Å². The van der Waals surface area contributed by atoms with Crippen molar-refractivity contribution in [3.05, 3.63) is 42.2 Å². The van der Waals surface area contributed by atoms with Crippen LogP contribution in [0.3, 0.4) is 0 Å². The van der Waals surface area contributed by atoms with E-state index in [0.29, 0.717) is 37.6 Å². The van der Waals surface area contributed by atoms with Crippen LogP contribution in [-0.2, 0) is 5.54 Å². The van der Waals surface area contributed by atoms with Crippen molar-refractivity contribution in [2.24, 2.45) is 0 Å². The number of carbonyl (C=O) groups is 1. The maximum Gasteiger partial charge on any atom is 0.257 e. The normalized spacial score (nSPS) is 26.0. The van der Waals surface area contributed by atoms with E-state index in [-0.39, 0.29) is 17.5 Å². The average molecular weight is 383 g/mol. The topological polar surface area (TPSA) is 87.1 Å². The van der Waals surface area contributed by atoms with Crippen LogP contribution in [-0.4, -0.2) is 74.0 Å². The highest BCUT2D eigenvalue weighted by atomic mass is 19.1. The third-order valence-corrected chi connectivity index (χ3v) is 5.97. The molecular formula is C19H22FN7O. The lowest BCUT2D eigenvalue weighted by Gasteiger charge is -2.37. The fraction of sp³-hybridized carbons (Fsp3) is 0.526. The molecule has 3 aliphatic rings. The molecule has 1 N–H and O–H groups in total. The van der Waals surface area contributed by atoms with Crippen molar-refractivity contribution in [2.75, 3.05) is 31.5 Å². The van der Waals surface area contributed by atoms with Gasteiger partial charge >= 0.3 is 0 Å². The van der Waals surface area contributed by atoms with Crippen LogP contribution in [0, 0.1) is 0 Å². The predicted octanol–water partition coefficient (Wildman–Crippen LogP) is 1.24. The van der Waals surface area contributed by atoms with Crippen LogP contribution in [0.25, 0.3) is 0 Å². The van der Waals surface area contributed by atoms with Gasteiger partial charge in [0, 0.05) is 62.6 Å². The van der Waals surface area contributed by atoms with Gasteiger partial charge in [0.1, 0.15) is 12.5 Å². The van der Waals surface area contributed by atoms with Crippen molar-refractivity contribution in [1.82, 2.24) is 29.7 Å². The second-order valence-corrected chi connectivity index (χ2v) is 7.86. The molecule has 8 nitrogen and oxygen atoms in total. The highest BCUT2D eigenvalue weighted by molar-refractivity contribution is 5.93. The molecular weight excluding hydrogens is 361 g/mol. The van der Waals surface area contributed by atoms with Gasteiger partial charge in [0.25, 0.3) is 5.91 Å². The molecule has 2 saturated heterocycles. The number of carbonyl (C=O) groups excluding carboxylic acids is 1. The summed E-state index contributed by atoms with van der Waals surface area (Å²) >= 11 is 0. The Morgan fingerprint density at radius 1 is 1.11 bits per heavy atom. The zero-order valence-electron chi connectivity index (χ0n) is 15.5. The maximum absolute atomic E-state index is 13.6. The van der Waals surface area contributed by atoms with Gasteiger partial charge in [-0.3, -0.25) is 9.69 Å². The highest BCUT2D eigenvalue weighted by Gasteiger charge is 2.45. The summed E-state index contributed by atoms with van der Waals surface area (Å²) in [5.41, 5.74) is 1.26. The summed E-state index contributed by atoms with van der Waals surface area (Å²) in [7, 11) is 0. The van der Waals surface area contributed by atoms with Crippen molar-refractivity contribution in [2.45, 2.75) is 37.0 Å².